The molecule has 0 aliphatic rings. The van der Waals surface area contributed by atoms with Crippen LogP contribution in [0.3, 0.4) is 0 Å². The summed E-state index contributed by atoms with van der Waals surface area (Å²) in [6.45, 7) is 5.89. The van der Waals surface area contributed by atoms with E-state index in [9.17, 15) is 13.2 Å². The summed E-state index contributed by atoms with van der Waals surface area (Å²) < 4.78 is 22.8. The first kappa shape index (κ1) is 16.1. The normalized spacial score (nSPS) is 12.3. The van der Waals surface area contributed by atoms with Crippen LogP contribution in [0.1, 0.15) is 27.2 Å². The monoisotopic (exact) mass is 348 g/mol. The molecule has 19 heavy (non-hydrogen) atoms. The zero-order chi connectivity index (χ0) is 14.8. The van der Waals surface area contributed by atoms with E-state index in [1.807, 2.05) is 20.8 Å². The molecule has 1 aromatic carbocycles. The molecule has 106 valence electrons. The van der Waals surface area contributed by atoms with Crippen LogP contribution in [-0.2, 0) is 14.8 Å². The van der Waals surface area contributed by atoms with E-state index in [0.717, 1.165) is 0 Å². The van der Waals surface area contributed by atoms with E-state index < -0.39 is 10.0 Å². The van der Waals surface area contributed by atoms with Gasteiger partial charge in [-0.25, -0.2) is 13.6 Å². The van der Waals surface area contributed by atoms with Gasteiger partial charge in [-0.1, -0.05) is 20.8 Å². The Morgan fingerprint density at radius 1 is 1.37 bits per heavy atom. The molecule has 1 aromatic rings. The second-order valence-electron chi connectivity index (χ2n) is 5.48. The Hall–Kier alpha value is -0.920. The zero-order valence-corrected chi connectivity index (χ0v) is 13.4. The minimum absolute atomic E-state index is 0.0127. The third kappa shape index (κ3) is 5.30. The summed E-state index contributed by atoms with van der Waals surface area (Å²) in [7, 11) is -3.77. The van der Waals surface area contributed by atoms with Crippen LogP contribution in [0.2, 0.25) is 0 Å². The molecule has 0 heterocycles. The van der Waals surface area contributed by atoms with Gasteiger partial charge in [0.05, 0.1) is 4.90 Å². The quantitative estimate of drug-likeness (QED) is 0.878. The van der Waals surface area contributed by atoms with Crippen LogP contribution in [0.15, 0.2) is 27.6 Å². The van der Waals surface area contributed by atoms with Crippen molar-refractivity contribution in [1.82, 2.24) is 0 Å². The largest absolute Gasteiger partial charge is 0.326 e. The molecular formula is C12H17BrN2O3S. The van der Waals surface area contributed by atoms with Gasteiger partial charge >= 0.3 is 0 Å². The molecule has 5 nitrogen and oxygen atoms in total. The SMILES string of the molecule is CC(C)(C)CC(=O)Nc1ccc(S(N)(=O)=O)c(Br)c1. The van der Waals surface area contributed by atoms with Gasteiger partial charge in [-0.2, -0.15) is 0 Å². The number of halogens is 1. The zero-order valence-electron chi connectivity index (χ0n) is 11.0. The molecule has 0 aromatic heterocycles. The third-order valence-corrected chi connectivity index (χ3v) is 4.10. The summed E-state index contributed by atoms with van der Waals surface area (Å²) in [5, 5.41) is 7.76. The van der Waals surface area contributed by atoms with Gasteiger partial charge in [0.25, 0.3) is 0 Å². The maximum atomic E-state index is 11.8. The van der Waals surface area contributed by atoms with Crippen molar-refractivity contribution in [2.75, 3.05) is 5.32 Å². The highest BCUT2D eigenvalue weighted by molar-refractivity contribution is 9.10. The van der Waals surface area contributed by atoms with Gasteiger partial charge in [0.2, 0.25) is 15.9 Å². The van der Waals surface area contributed by atoms with Gasteiger partial charge < -0.3 is 5.32 Å². The first-order chi connectivity index (χ1) is 8.49. The Morgan fingerprint density at radius 3 is 2.37 bits per heavy atom. The maximum Gasteiger partial charge on any atom is 0.239 e. The van der Waals surface area contributed by atoms with E-state index in [1.165, 1.54) is 18.2 Å². The molecule has 3 N–H and O–H groups in total. The number of benzene rings is 1. The summed E-state index contributed by atoms with van der Waals surface area (Å²) in [6.07, 6.45) is 0.377. The Labute approximate surface area is 121 Å². The topological polar surface area (TPSA) is 89.3 Å². The number of carbonyl (C=O) groups excluding carboxylic acids is 1. The fraction of sp³-hybridized carbons (Fsp3) is 0.417. The predicted octanol–water partition coefficient (Wildman–Crippen LogP) is 2.47. The van der Waals surface area contributed by atoms with Crippen LogP contribution >= 0.6 is 15.9 Å². The number of hydrogen-bond acceptors (Lipinski definition) is 3. The summed E-state index contributed by atoms with van der Waals surface area (Å²) in [5.41, 5.74) is 0.413. The van der Waals surface area contributed by atoms with Crippen molar-refractivity contribution >= 4 is 37.5 Å². The molecule has 7 heteroatoms. The van der Waals surface area contributed by atoms with Gasteiger partial charge in [-0.05, 0) is 39.5 Å². The first-order valence-electron chi connectivity index (χ1n) is 5.61. The molecule has 0 aliphatic carbocycles. The van der Waals surface area contributed by atoms with Crippen LogP contribution in [0.25, 0.3) is 0 Å². The number of carbonyl (C=O) groups is 1. The molecule has 0 atom stereocenters. The molecule has 0 unspecified atom stereocenters. The van der Waals surface area contributed by atoms with Crippen molar-refractivity contribution in [3.8, 4) is 0 Å². The molecule has 0 fully saturated rings. The molecule has 0 saturated carbocycles. The van der Waals surface area contributed by atoms with E-state index in [4.69, 9.17) is 5.14 Å². The molecule has 0 bridgehead atoms. The summed E-state index contributed by atoms with van der Waals surface area (Å²) in [4.78, 5) is 11.7. The molecule has 1 rings (SSSR count). The average molecular weight is 349 g/mol. The predicted molar refractivity (Wildman–Crippen MR) is 78.2 cm³/mol. The van der Waals surface area contributed by atoms with Crippen molar-refractivity contribution in [1.29, 1.82) is 0 Å². The van der Waals surface area contributed by atoms with Crippen LogP contribution < -0.4 is 10.5 Å². The van der Waals surface area contributed by atoms with Crippen LogP contribution in [-0.4, -0.2) is 14.3 Å². The minimum Gasteiger partial charge on any atom is -0.326 e. The van der Waals surface area contributed by atoms with Crippen LogP contribution in [0, 0.1) is 5.41 Å². The molecular weight excluding hydrogens is 332 g/mol. The summed E-state index contributed by atoms with van der Waals surface area (Å²) in [6, 6.07) is 4.37. The standard InChI is InChI=1S/C12H17BrN2O3S/c1-12(2,3)7-11(16)15-8-4-5-10(9(13)6-8)19(14,17)18/h4-6H,7H2,1-3H3,(H,15,16)(H2,14,17,18). The van der Waals surface area contributed by atoms with E-state index in [2.05, 4.69) is 21.2 Å². The number of nitrogens with one attached hydrogen (secondary N) is 1. The Balaban J connectivity index is 2.89. The number of anilines is 1. The smallest absolute Gasteiger partial charge is 0.239 e. The number of hydrogen-bond donors (Lipinski definition) is 2. The van der Waals surface area contributed by atoms with Crippen molar-refractivity contribution in [2.24, 2.45) is 10.6 Å². The molecule has 1 amide bonds. The maximum absolute atomic E-state index is 11.8. The number of sulfonamides is 1. The van der Waals surface area contributed by atoms with Gasteiger partial charge in [0.15, 0.2) is 0 Å². The third-order valence-electron chi connectivity index (χ3n) is 2.21. The lowest BCUT2D eigenvalue weighted by molar-refractivity contribution is -0.117. The first-order valence-corrected chi connectivity index (χ1v) is 7.95. The van der Waals surface area contributed by atoms with Gasteiger partial charge in [0, 0.05) is 16.6 Å². The van der Waals surface area contributed by atoms with E-state index in [-0.39, 0.29) is 16.2 Å². The van der Waals surface area contributed by atoms with Gasteiger partial charge in [-0.3, -0.25) is 4.79 Å². The lowest BCUT2D eigenvalue weighted by Gasteiger charge is -2.17. The highest BCUT2D eigenvalue weighted by atomic mass is 79.9. The number of amides is 1. The highest BCUT2D eigenvalue weighted by Gasteiger charge is 2.17. The van der Waals surface area contributed by atoms with E-state index >= 15 is 0 Å². The fourth-order valence-electron chi connectivity index (χ4n) is 1.50. The lowest BCUT2D eigenvalue weighted by Crippen LogP contribution is -2.20. The van der Waals surface area contributed by atoms with Crippen molar-refractivity contribution in [3.63, 3.8) is 0 Å². The van der Waals surface area contributed by atoms with Crippen LogP contribution in [0.4, 0.5) is 5.69 Å². The number of nitrogens with two attached hydrogens (primary N) is 1. The molecule has 0 aliphatic heterocycles. The van der Waals surface area contributed by atoms with Crippen molar-refractivity contribution in [2.45, 2.75) is 32.1 Å². The number of primary sulfonamides is 1. The minimum atomic E-state index is -3.77. The Bertz CT molecular complexity index is 591. The molecule has 0 saturated heterocycles. The summed E-state index contributed by atoms with van der Waals surface area (Å²) >= 11 is 3.12. The second kappa shape index (κ2) is 5.60. The van der Waals surface area contributed by atoms with Crippen molar-refractivity contribution < 1.29 is 13.2 Å². The number of rotatable bonds is 3. The van der Waals surface area contributed by atoms with E-state index in [0.29, 0.717) is 16.6 Å². The fourth-order valence-corrected chi connectivity index (χ4v) is 3.14. The Kier molecular flexibility index (Phi) is 4.76. The van der Waals surface area contributed by atoms with Crippen molar-refractivity contribution in [3.05, 3.63) is 22.7 Å². The summed E-state index contributed by atoms with van der Waals surface area (Å²) in [5.74, 6) is -0.122. The second-order valence-corrected chi connectivity index (χ2v) is 7.86. The lowest BCUT2D eigenvalue weighted by atomic mass is 9.92. The van der Waals surface area contributed by atoms with Crippen LogP contribution in [0.5, 0.6) is 0 Å². The molecule has 0 radical (unpaired) electrons. The Morgan fingerprint density at radius 2 is 1.95 bits per heavy atom. The highest BCUT2D eigenvalue weighted by Crippen LogP contribution is 2.25. The molecule has 0 spiro atoms. The average Bonchev–Trinajstić information content (AvgIpc) is 2.11. The van der Waals surface area contributed by atoms with E-state index in [1.54, 1.807) is 0 Å². The van der Waals surface area contributed by atoms with Gasteiger partial charge in [0.1, 0.15) is 0 Å². The van der Waals surface area contributed by atoms with Gasteiger partial charge in [-0.15, -0.1) is 0 Å².